The fraction of sp³-hybridized carbons (Fsp3) is 0.412. The van der Waals surface area contributed by atoms with Crippen molar-refractivity contribution in [3.8, 4) is 0 Å². The van der Waals surface area contributed by atoms with Crippen molar-refractivity contribution in [3.05, 3.63) is 45.9 Å². The lowest BCUT2D eigenvalue weighted by Crippen LogP contribution is -2.39. The summed E-state index contributed by atoms with van der Waals surface area (Å²) in [4.78, 5) is 11.3. The van der Waals surface area contributed by atoms with Crippen LogP contribution in [-0.2, 0) is 6.54 Å². The number of aryl methyl sites for hydroxylation is 2. The first-order valence-corrected chi connectivity index (χ1v) is 9.37. The molecule has 132 valence electrons. The van der Waals surface area contributed by atoms with Gasteiger partial charge >= 0.3 is 0 Å². The van der Waals surface area contributed by atoms with E-state index in [9.17, 15) is 0 Å². The standard InChI is InChI=1S/C17H24N4S2.HI/c1-12(22-15-8-6-5-7-9-15)10-19-17(18-4)20-11-16-13(2)21-14(3)23-16;/h5-9,12H,10-11H2,1-4H3,(H2,18,19,20);1H. The summed E-state index contributed by atoms with van der Waals surface area (Å²) >= 11 is 3.60. The third-order valence-corrected chi connectivity index (χ3v) is 5.46. The molecule has 0 aliphatic carbocycles. The monoisotopic (exact) mass is 476 g/mol. The lowest BCUT2D eigenvalue weighted by atomic mass is 10.4. The number of benzene rings is 1. The molecule has 0 saturated carbocycles. The second-order valence-electron chi connectivity index (χ2n) is 5.29. The molecule has 0 aliphatic rings. The maximum absolute atomic E-state index is 4.45. The van der Waals surface area contributed by atoms with Gasteiger partial charge in [0.15, 0.2) is 5.96 Å². The highest BCUT2D eigenvalue weighted by molar-refractivity contribution is 14.0. The van der Waals surface area contributed by atoms with E-state index < -0.39 is 0 Å². The summed E-state index contributed by atoms with van der Waals surface area (Å²) < 4.78 is 0. The minimum atomic E-state index is 0. The topological polar surface area (TPSA) is 49.3 Å². The minimum Gasteiger partial charge on any atom is -0.355 e. The summed E-state index contributed by atoms with van der Waals surface area (Å²) in [6, 6.07) is 10.5. The molecule has 0 radical (unpaired) electrons. The van der Waals surface area contributed by atoms with Gasteiger partial charge in [-0.3, -0.25) is 4.99 Å². The number of nitrogens with one attached hydrogen (secondary N) is 2. The van der Waals surface area contributed by atoms with Crippen LogP contribution in [0.4, 0.5) is 0 Å². The van der Waals surface area contributed by atoms with Crippen LogP contribution >= 0.6 is 47.1 Å². The fourth-order valence-corrected chi connectivity index (χ4v) is 3.96. The van der Waals surface area contributed by atoms with Gasteiger partial charge in [-0.2, -0.15) is 0 Å². The molecule has 0 aliphatic heterocycles. The van der Waals surface area contributed by atoms with Gasteiger partial charge in [0, 0.05) is 28.6 Å². The maximum Gasteiger partial charge on any atom is 0.191 e. The van der Waals surface area contributed by atoms with Crippen LogP contribution in [0.2, 0.25) is 0 Å². The van der Waals surface area contributed by atoms with Crippen molar-refractivity contribution in [2.75, 3.05) is 13.6 Å². The van der Waals surface area contributed by atoms with Gasteiger partial charge in [-0.15, -0.1) is 47.1 Å². The number of hydrogen-bond donors (Lipinski definition) is 2. The molecule has 1 heterocycles. The number of aliphatic imine (C=N–C) groups is 1. The van der Waals surface area contributed by atoms with Crippen LogP contribution in [0.5, 0.6) is 0 Å². The predicted octanol–water partition coefficient (Wildman–Crippen LogP) is 4.22. The van der Waals surface area contributed by atoms with Crippen LogP contribution < -0.4 is 10.6 Å². The summed E-state index contributed by atoms with van der Waals surface area (Å²) in [5, 5.41) is 8.32. The van der Waals surface area contributed by atoms with E-state index >= 15 is 0 Å². The van der Waals surface area contributed by atoms with E-state index in [4.69, 9.17) is 0 Å². The van der Waals surface area contributed by atoms with Crippen molar-refractivity contribution in [2.45, 2.75) is 37.5 Å². The van der Waals surface area contributed by atoms with Crippen LogP contribution in [0.3, 0.4) is 0 Å². The molecule has 0 spiro atoms. The van der Waals surface area contributed by atoms with Crippen molar-refractivity contribution in [2.24, 2.45) is 4.99 Å². The number of thioether (sulfide) groups is 1. The minimum absolute atomic E-state index is 0. The molecule has 0 bridgehead atoms. The summed E-state index contributed by atoms with van der Waals surface area (Å²) in [6.45, 7) is 7.93. The Morgan fingerprint density at radius 2 is 1.96 bits per heavy atom. The molecule has 7 heteroatoms. The van der Waals surface area contributed by atoms with E-state index in [1.807, 2.05) is 24.8 Å². The summed E-state index contributed by atoms with van der Waals surface area (Å²) in [5.74, 6) is 0.830. The van der Waals surface area contributed by atoms with Crippen molar-refractivity contribution in [3.63, 3.8) is 0 Å². The average Bonchev–Trinajstić information content (AvgIpc) is 2.86. The van der Waals surface area contributed by atoms with E-state index in [0.29, 0.717) is 5.25 Å². The van der Waals surface area contributed by atoms with Crippen LogP contribution in [0.1, 0.15) is 22.5 Å². The van der Waals surface area contributed by atoms with Crippen LogP contribution in [0.15, 0.2) is 40.2 Å². The summed E-state index contributed by atoms with van der Waals surface area (Å²) in [7, 11) is 1.80. The summed E-state index contributed by atoms with van der Waals surface area (Å²) in [6.07, 6.45) is 0. The molecule has 2 rings (SSSR count). The molecule has 1 atom stereocenters. The molecule has 0 saturated heterocycles. The second kappa shape index (κ2) is 10.9. The highest BCUT2D eigenvalue weighted by Gasteiger charge is 2.08. The first-order chi connectivity index (χ1) is 11.1. The quantitative estimate of drug-likeness (QED) is 0.284. The van der Waals surface area contributed by atoms with Crippen molar-refractivity contribution < 1.29 is 0 Å². The fourth-order valence-electron chi connectivity index (χ4n) is 2.14. The summed E-state index contributed by atoms with van der Waals surface area (Å²) in [5.41, 5.74) is 1.10. The molecule has 24 heavy (non-hydrogen) atoms. The number of rotatable bonds is 6. The van der Waals surface area contributed by atoms with E-state index in [1.165, 1.54) is 9.77 Å². The lowest BCUT2D eigenvalue weighted by Gasteiger charge is -2.15. The van der Waals surface area contributed by atoms with Gasteiger partial charge in [-0.1, -0.05) is 25.1 Å². The van der Waals surface area contributed by atoms with Gasteiger partial charge in [0.25, 0.3) is 0 Å². The Labute approximate surface area is 170 Å². The van der Waals surface area contributed by atoms with Gasteiger partial charge in [-0.05, 0) is 26.0 Å². The third kappa shape index (κ3) is 6.98. The zero-order valence-corrected chi connectivity index (χ0v) is 18.5. The average molecular weight is 476 g/mol. The van der Waals surface area contributed by atoms with Crippen molar-refractivity contribution in [1.82, 2.24) is 15.6 Å². The first kappa shape index (κ1) is 21.2. The number of aromatic nitrogens is 1. The van der Waals surface area contributed by atoms with Crippen LogP contribution in [0, 0.1) is 13.8 Å². The molecule has 4 nitrogen and oxygen atoms in total. The van der Waals surface area contributed by atoms with E-state index in [0.717, 1.165) is 29.8 Å². The molecule has 0 fully saturated rings. The zero-order chi connectivity index (χ0) is 16.7. The van der Waals surface area contributed by atoms with Gasteiger partial charge < -0.3 is 10.6 Å². The maximum atomic E-state index is 4.45. The van der Waals surface area contributed by atoms with Crippen molar-refractivity contribution >= 4 is 53.0 Å². The van der Waals surface area contributed by atoms with Gasteiger partial charge in [0.1, 0.15) is 0 Å². The Kier molecular flexibility index (Phi) is 9.68. The van der Waals surface area contributed by atoms with Gasteiger partial charge in [-0.25, -0.2) is 4.98 Å². The lowest BCUT2D eigenvalue weighted by molar-refractivity contribution is 0.792. The van der Waals surface area contributed by atoms with E-state index in [2.05, 4.69) is 58.7 Å². The van der Waals surface area contributed by atoms with Gasteiger partial charge in [0.05, 0.1) is 17.2 Å². The SMILES string of the molecule is CN=C(NCc1sc(C)nc1C)NCC(C)Sc1ccccc1.I. The predicted molar refractivity (Wildman–Crippen MR) is 117 cm³/mol. The van der Waals surface area contributed by atoms with E-state index in [-0.39, 0.29) is 24.0 Å². The number of hydrogen-bond acceptors (Lipinski definition) is 4. The first-order valence-electron chi connectivity index (χ1n) is 7.67. The molecule has 1 unspecified atom stereocenters. The third-order valence-electron chi connectivity index (χ3n) is 3.28. The van der Waals surface area contributed by atoms with Gasteiger partial charge in [0.2, 0.25) is 0 Å². The highest BCUT2D eigenvalue weighted by atomic mass is 127. The molecule has 0 amide bonds. The Morgan fingerprint density at radius 3 is 2.54 bits per heavy atom. The molecule has 2 aromatic rings. The Bertz CT molecular complexity index is 643. The Morgan fingerprint density at radius 1 is 1.25 bits per heavy atom. The van der Waals surface area contributed by atoms with Crippen LogP contribution in [0.25, 0.3) is 0 Å². The Hall–Kier alpha value is -0.800. The normalized spacial score (nSPS) is 12.4. The second-order valence-corrected chi connectivity index (χ2v) is 8.09. The number of halogens is 1. The molecule has 1 aromatic carbocycles. The number of thiazole rings is 1. The van der Waals surface area contributed by atoms with Crippen LogP contribution in [-0.4, -0.2) is 29.8 Å². The van der Waals surface area contributed by atoms with E-state index in [1.54, 1.807) is 18.4 Å². The van der Waals surface area contributed by atoms with Crippen molar-refractivity contribution in [1.29, 1.82) is 0 Å². The molecular weight excluding hydrogens is 451 g/mol. The highest BCUT2D eigenvalue weighted by Crippen LogP contribution is 2.22. The Balaban J connectivity index is 0.00000288. The zero-order valence-electron chi connectivity index (χ0n) is 14.5. The smallest absolute Gasteiger partial charge is 0.191 e. The molecular formula is C17H25IN4S2. The number of guanidine groups is 1. The largest absolute Gasteiger partial charge is 0.355 e. The number of nitrogens with zero attached hydrogens (tertiary/aromatic N) is 2. The molecule has 2 N–H and O–H groups in total. The molecule has 1 aromatic heterocycles.